The second kappa shape index (κ2) is 7.98. The molecule has 4 rings (SSSR count). The summed E-state index contributed by atoms with van der Waals surface area (Å²) in [7, 11) is 2.21. The topological polar surface area (TPSA) is 33.8 Å². The smallest absolute Gasteiger partial charge is 0.0877 e. The molecule has 1 saturated heterocycles. The fraction of sp³-hybridized carbons (Fsp3) is 0.429. The van der Waals surface area contributed by atoms with E-state index in [1.54, 1.807) is 0 Å². The van der Waals surface area contributed by atoms with Gasteiger partial charge in [-0.25, -0.2) is 0 Å². The Labute approximate surface area is 156 Å². The number of hydrogen-bond donors (Lipinski definition) is 2. The van der Waals surface area contributed by atoms with E-state index in [4.69, 9.17) is 0 Å². The van der Waals surface area contributed by atoms with Crippen molar-refractivity contribution < 1.29 is 0 Å². The predicted octanol–water partition coefficient (Wildman–Crippen LogP) is 3.26. The Bertz CT molecular complexity index is 710. The van der Waals surface area contributed by atoms with Gasteiger partial charge >= 0.3 is 0 Å². The molecule has 5 heteroatoms. The summed E-state index contributed by atoms with van der Waals surface area (Å²) in [5.74, 6) is 0. The van der Waals surface area contributed by atoms with Gasteiger partial charge in [-0.15, -0.1) is 0 Å². The largest absolute Gasteiger partial charge is 0.366 e. The maximum absolute atomic E-state index is 3.54. The average molecular weight is 351 g/mol. The number of fused-ring (bicyclic) bond motifs is 1. The summed E-state index contributed by atoms with van der Waals surface area (Å²) in [6, 6.07) is 16.9. The van der Waals surface area contributed by atoms with Gasteiger partial charge in [0.1, 0.15) is 0 Å². The normalized spacial score (nSPS) is 17.8. The van der Waals surface area contributed by atoms with Crippen LogP contribution in [0.25, 0.3) is 0 Å². The quantitative estimate of drug-likeness (QED) is 0.835. The molecule has 2 aliphatic rings. The standard InChI is InChI=1S/C21H29N5/c1-24-12-14-25(15-13-24)10-5-11-26-17-22-20-16-19(8-9-21(20)26)23-18-6-3-2-4-7-18/h2-4,6-9,16,22-23H,5,10-15,17H2,1H3. The molecular weight excluding hydrogens is 322 g/mol. The lowest BCUT2D eigenvalue weighted by Gasteiger charge is -2.32. The molecule has 0 spiro atoms. The fourth-order valence-electron chi connectivity index (χ4n) is 3.74. The maximum Gasteiger partial charge on any atom is 0.0877 e. The van der Waals surface area contributed by atoms with Crippen LogP contribution in [0, 0.1) is 0 Å². The lowest BCUT2D eigenvalue weighted by Crippen LogP contribution is -2.45. The Morgan fingerprint density at radius 1 is 0.923 bits per heavy atom. The number of piperazine rings is 1. The predicted molar refractivity (Wildman–Crippen MR) is 111 cm³/mol. The first-order chi connectivity index (χ1) is 12.8. The van der Waals surface area contributed by atoms with Gasteiger partial charge in [0.2, 0.25) is 0 Å². The Morgan fingerprint density at radius 2 is 1.73 bits per heavy atom. The minimum absolute atomic E-state index is 0.910. The molecule has 0 aromatic heterocycles. The van der Waals surface area contributed by atoms with Gasteiger partial charge in [-0.3, -0.25) is 0 Å². The van der Waals surface area contributed by atoms with E-state index in [-0.39, 0.29) is 0 Å². The van der Waals surface area contributed by atoms with Crippen LogP contribution in [0.2, 0.25) is 0 Å². The number of nitrogens with zero attached hydrogens (tertiary/aromatic N) is 3. The Morgan fingerprint density at radius 3 is 2.54 bits per heavy atom. The number of rotatable bonds is 6. The number of hydrogen-bond acceptors (Lipinski definition) is 5. The van der Waals surface area contributed by atoms with Crippen LogP contribution in [0.4, 0.5) is 22.7 Å². The molecule has 26 heavy (non-hydrogen) atoms. The highest BCUT2D eigenvalue weighted by Crippen LogP contribution is 2.34. The highest BCUT2D eigenvalue weighted by molar-refractivity contribution is 5.79. The van der Waals surface area contributed by atoms with E-state index >= 15 is 0 Å². The SMILES string of the molecule is CN1CCN(CCCN2CNc3cc(Nc4ccccc4)ccc32)CC1. The molecule has 0 radical (unpaired) electrons. The minimum Gasteiger partial charge on any atom is -0.366 e. The van der Waals surface area contributed by atoms with Gasteiger partial charge in [-0.1, -0.05) is 18.2 Å². The monoisotopic (exact) mass is 351 g/mol. The molecular formula is C21H29N5. The van der Waals surface area contributed by atoms with Crippen LogP contribution in [0.3, 0.4) is 0 Å². The highest BCUT2D eigenvalue weighted by Gasteiger charge is 2.19. The van der Waals surface area contributed by atoms with Crippen LogP contribution in [-0.4, -0.2) is 62.8 Å². The fourth-order valence-corrected chi connectivity index (χ4v) is 3.74. The van der Waals surface area contributed by atoms with Crippen molar-refractivity contribution in [3.8, 4) is 0 Å². The number of anilines is 4. The first-order valence-corrected chi connectivity index (χ1v) is 9.64. The third-order valence-electron chi connectivity index (χ3n) is 5.36. The summed E-state index contributed by atoms with van der Waals surface area (Å²) < 4.78 is 0. The minimum atomic E-state index is 0.910. The van der Waals surface area contributed by atoms with Gasteiger partial charge < -0.3 is 25.3 Å². The molecule has 138 valence electrons. The van der Waals surface area contributed by atoms with E-state index in [0.29, 0.717) is 0 Å². The number of nitrogens with one attached hydrogen (secondary N) is 2. The van der Waals surface area contributed by atoms with Crippen molar-refractivity contribution in [2.24, 2.45) is 0 Å². The van der Waals surface area contributed by atoms with E-state index in [9.17, 15) is 0 Å². The van der Waals surface area contributed by atoms with Gasteiger partial charge in [0, 0.05) is 44.1 Å². The highest BCUT2D eigenvalue weighted by atomic mass is 15.3. The molecule has 2 N–H and O–H groups in total. The van der Waals surface area contributed by atoms with Crippen molar-refractivity contribution in [3.05, 3.63) is 48.5 Å². The van der Waals surface area contributed by atoms with Crippen molar-refractivity contribution in [2.45, 2.75) is 6.42 Å². The zero-order chi connectivity index (χ0) is 17.8. The maximum atomic E-state index is 3.54. The zero-order valence-corrected chi connectivity index (χ0v) is 15.6. The lowest BCUT2D eigenvalue weighted by molar-refractivity contribution is 0.153. The van der Waals surface area contributed by atoms with Crippen LogP contribution >= 0.6 is 0 Å². The molecule has 0 aliphatic carbocycles. The van der Waals surface area contributed by atoms with Gasteiger partial charge in [-0.2, -0.15) is 0 Å². The van der Waals surface area contributed by atoms with Crippen LogP contribution in [0.15, 0.2) is 48.5 Å². The molecule has 0 unspecified atom stereocenters. The summed E-state index contributed by atoms with van der Waals surface area (Å²) in [4.78, 5) is 7.47. The number of likely N-dealkylation sites (N-methyl/N-ethyl adjacent to an activating group) is 1. The zero-order valence-electron chi connectivity index (χ0n) is 15.6. The second-order valence-corrected chi connectivity index (χ2v) is 7.32. The van der Waals surface area contributed by atoms with E-state index in [2.05, 4.69) is 74.8 Å². The molecule has 0 amide bonds. The third kappa shape index (κ3) is 4.11. The van der Waals surface area contributed by atoms with Crippen molar-refractivity contribution in [2.75, 3.05) is 68.5 Å². The average Bonchev–Trinajstić information content (AvgIpc) is 3.07. The summed E-state index contributed by atoms with van der Waals surface area (Å²) in [6.45, 7) is 8.04. The summed E-state index contributed by atoms with van der Waals surface area (Å²) in [6.07, 6.45) is 1.22. The van der Waals surface area contributed by atoms with Crippen LogP contribution in [0.5, 0.6) is 0 Å². The van der Waals surface area contributed by atoms with Crippen molar-refractivity contribution >= 4 is 22.7 Å². The summed E-state index contributed by atoms with van der Waals surface area (Å²) >= 11 is 0. The van der Waals surface area contributed by atoms with Crippen LogP contribution < -0.4 is 15.5 Å². The Kier molecular flexibility index (Phi) is 5.27. The lowest BCUT2D eigenvalue weighted by atomic mass is 10.2. The van der Waals surface area contributed by atoms with Crippen molar-refractivity contribution in [1.29, 1.82) is 0 Å². The molecule has 2 heterocycles. The van der Waals surface area contributed by atoms with Gasteiger partial charge in [-0.05, 0) is 50.3 Å². The molecule has 1 fully saturated rings. The van der Waals surface area contributed by atoms with Gasteiger partial charge in [0.25, 0.3) is 0 Å². The first-order valence-electron chi connectivity index (χ1n) is 9.64. The molecule has 0 saturated carbocycles. The van der Waals surface area contributed by atoms with Crippen molar-refractivity contribution in [3.63, 3.8) is 0 Å². The Hall–Kier alpha value is -2.24. The molecule has 2 aliphatic heterocycles. The van der Waals surface area contributed by atoms with E-state index in [0.717, 1.165) is 24.6 Å². The van der Waals surface area contributed by atoms with Crippen LogP contribution in [-0.2, 0) is 0 Å². The van der Waals surface area contributed by atoms with E-state index in [1.165, 1.54) is 50.5 Å². The Balaban J connectivity index is 1.30. The molecule has 2 aromatic rings. The number of benzene rings is 2. The third-order valence-corrected chi connectivity index (χ3v) is 5.36. The van der Waals surface area contributed by atoms with Crippen LogP contribution in [0.1, 0.15) is 6.42 Å². The molecule has 2 aromatic carbocycles. The molecule has 0 bridgehead atoms. The number of para-hydroxylation sites is 1. The van der Waals surface area contributed by atoms with E-state index < -0.39 is 0 Å². The summed E-state index contributed by atoms with van der Waals surface area (Å²) in [5, 5.41) is 7.01. The molecule has 0 atom stereocenters. The van der Waals surface area contributed by atoms with Gasteiger partial charge in [0.15, 0.2) is 0 Å². The van der Waals surface area contributed by atoms with E-state index in [1.807, 2.05) is 6.07 Å². The summed E-state index contributed by atoms with van der Waals surface area (Å²) in [5.41, 5.74) is 4.80. The first kappa shape index (κ1) is 17.2. The van der Waals surface area contributed by atoms with Gasteiger partial charge in [0.05, 0.1) is 18.0 Å². The second-order valence-electron chi connectivity index (χ2n) is 7.32. The molecule has 5 nitrogen and oxygen atoms in total. The van der Waals surface area contributed by atoms with Crippen molar-refractivity contribution in [1.82, 2.24) is 9.80 Å².